The van der Waals surface area contributed by atoms with Crippen molar-refractivity contribution in [1.29, 1.82) is 5.26 Å². The zero-order chi connectivity index (χ0) is 14.9. The van der Waals surface area contributed by atoms with Gasteiger partial charge in [0.05, 0.1) is 0 Å². The Kier molecular flexibility index (Phi) is 3.19. The summed E-state index contributed by atoms with van der Waals surface area (Å²) in [5.74, 6) is -1.66. The van der Waals surface area contributed by atoms with Gasteiger partial charge in [-0.05, 0) is 5.56 Å². The van der Waals surface area contributed by atoms with Gasteiger partial charge in [-0.1, -0.05) is 30.3 Å². The maximum atomic E-state index is 12.9. The quantitative estimate of drug-likeness (QED) is 0.917. The summed E-state index contributed by atoms with van der Waals surface area (Å²) >= 11 is 0. The molecule has 0 saturated carbocycles. The van der Waals surface area contributed by atoms with Crippen LogP contribution in [0.2, 0.25) is 0 Å². The minimum atomic E-state index is -4.86. The van der Waals surface area contributed by atoms with E-state index in [1.807, 2.05) is 0 Å². The highest BCUT2D eigenvalue weighted by molar-refractivity contribution is 5.95. The molecule has 0 amide bonds. The Morgan fingerprint density at radius 3 is 2.35 bits per heavy atom. The van der Waals surface area contributed by atoms with Crippen LogP contribution in [-0.4, -0.2) is 20.9 Å². The average Bonchev–Trinajstić information content (AvgIpc) is 2.79. The summed E-state index contributed by atoms with van der Waals surface area (Å²) in [5, 5.41) is 20.8. The van der Waals surface area contributed by atoms with Gasteiger partial charge in [0.15, 0.2) is 11.4 Å². The molecule has 1 N–H and O–H groups in total. The first-order valence-electron chi connectivity index (χ1n) is 5.25. The maximum absolute atomic E-state index is 12.9. The first kappa shape index (κ1) is 13.6. The molecular formula is C12H6F3N3O2. The third-order valence-corrected chi connectivity index (χ3v) is 2.51. The van der Waals surface area contributed by atoms with E-state index in [9.17, 15) is 18.0 Å². The Labute approximate surface area is 110 Å². The van der Waals surface area contributed by atoms with Crippen molar-refractivity contribution in [2.45, 2.75) is 6.18 Å². The topological polar surface area (TPSA) is 78.9 Å². The highest BCUT2D eigenvalue weighted by Crippen LogP contribution is 2.38. The summed E-state index contributed by atoms with van der Waals surface area (Å²) in [7, 11) is 0. The van der Waals surface area contributed by atoms with Crippen LogP contribution in [0, 0.1) is 11.5 Å². The molecule has 2 aromatic rings. The summed E-state index contributed by atoms with van der Waals surface area (Å²) < 4.78 is 39.0. The number of aromatic nitrogens is 2. The molecule has 0 aliphatic rings. The molecule has 1 aromatic carbocycles. The molecule has 5 nitrogen and oxygen atoms in total. The van der Waals surface area contributed by atoms with E-state index in [0.717, 1.165) is 0 Å². The van der Waals surface area contributed by atoms with Crippen LogP contribution in [0.3, 0.4) is 0 Å². The summed E-state index contributed by atoms with van der Waals surface area (Å²) in [4.78, 5) is 11.1. The first-order chi connectivity index (χ1) is 9.36. The minimum Gasteiger partial charge on any atom is -0.476 e. The molecule has 0 saturated heterocycles. The normalized spacial score (nSPS) is 11.1. The van der Waals surface area contributed by atoms with Gasteiger partial charge >= 0.3 is 12.1 Å². The number of rotatable bonds is 2. The predicted octanol–water partition coefficient (Wildman–Crippen LogP) is 2.60. The second-order valence-corrected chi connectivity index (χ2v) is 3.75. The van der Waals surface area contributed by atoms with Gasteiger partial charge in [0.25, 0.3) is 0 Å². The van der Waals surface area contributed by atoms with Gasteiger partial charge in [0, 0.05) is 5.56 Å². The Hall–Kier alpha value is -2.82. The molecule has 102 valence electrons. The Balaban J connectivity index is 2.85. The number of carbonyl (C=O) groups is 1. The molecular weight excluding hydrogens is 275 g/mol. The molecule has 0 aliphatic heterocycles. The van der Waals surface area contributed by atoms with Gasteiger partial charge < -0.3 is 5.11 Å². The molecule has 1 heterocycles. The SMILES string of the molecule is N#Cn1nc(C(F)(F)F)c(-c2ccccc2)c1C(=O)O. The van der Waals surface area contributed by atoms with Crippen LogP contribution in [0.1, 0.15) is 16.2 Å². The van der Waals surface area contributed by atoms with Crippen molar-refractivity contribution < 1.29 is 23.1 Å². The highest BCUT2D eigenvalue weighted by atomic mass is 19.4. The van der Waals surface area contributed by atoms with Gasteiger partial charge in [-0.25, -0.2) is 4.79 Å². The molecule has 0 atom stereocenters. The van der Waals surface area contributed by atoms with Crippen molar-refractivity contribution in [3.05, 3.63) is 41.7 Å². The van der Waals surface area contributed by atoms with Gasteiger partial charge in [0.1, 0.15) is 0 Å². The van der Waals surface area contributed by atoms with Crippen LogP contribution in [0.25, 0.3) is 11.1 Å². The van der Waals surface area contributed by atoms with Crippen LogP contribution in [0.4, 0.5) is 13.2 Å². The Morgan fingerprint density at radius 2 is 1.90 bits per heavy atom. The lowest BCUT2D eigenvalue weighted by atomic mass is 10.0. The molecule has 8 heteroatoms. The lowest BCUT2D eigenvalue weighted by molar-refractivity contribution is -0.140. The number of halogens is 3. The van der Waals surface area contributed by atoms with Crippen molar-refractivity contribution in [1.82, 2.24) is 9.78 Å². The molecule has 1 aromatic heterocycles. The summed E-state index contributed by atoms with van der Waals surface area (Å²) in [6.45, 7) is 0. The second-order valence-electron chi connectivity index (χ2n) is 3.75. The van der Waals surface area contributed by atoms with Crippen LogP contribution < -0.4 is 0 Å². The average molecular weight is 281 g/mol. The van der Waals surface area contributed by atoms with Crippen LogP contribution in [0.5, 0.6) is 0 Å². The summed E-state index contributed by atoms with van der Waals surface area (Å²) in [6.07, 6.45) is -3.56. The first-order valence-corrected chi connectivity index (χ1v) is 5.25. The van der Waals surface area contributed by atoms with E-state index in [2.05, 4.69) is 5.10 Å². The molecule has 20 heavy (non-hydrogen) atoms. The fraction of sp³-hybridized carbons (Fsp3) is 0.0833. The molecule has 0 unspecified atom stereocenters. The van der Waals surface area contributed by atoms with E-state index in [4.69, 9.17) is 10.4 Å². The van der Waals surface area contributed by atoms with Crippen molar-refractivity contribution in [2.24, 2.45) is 0 Å². The van der Waals surface area contributed by atoms with E-state index in [-0.39, 0.29) is 10.2 Å². The number of nitrogens with zero attached hydrogens (tertiary/aromatic N) is 3. The van der Waals surface area contributed by atoms with Crippen molar-refractivity contribution >= 4 is 5.97 Å². The molecule has 0 bridgehead atoms. The minimum absolute atomic E-state index is 0.0266. The van der Waals surface area contributed by atoms with Crippen molar-refractivity contribution in [2.75, 3.05) is 0 Å². The molecule has 0 spiro atoms. The number of hydrogen-bond donors (Lipinski definition) is 1. The van der Waals surface area contributed by atoms with Gasteiger partial charge in [-0.2, -0.15) is 28.2 Å². The summed E-state index contributed by atoms with van der Waals surface area (Å²) in [6, 6.07) is 7.14. The number of carboxylic acid groups (broad SMARTS) is 1. The maximum Gasteiger partial charge on any atom is 0.435 e. The molecule has 0 aliphatic carbocycles. The number of benzene rings is 1. The van der Waals surface area contributed by atoms with Gasteiger partial charge in [-0.15, -0.1) is 0 Å². The van der Waals surface area contributed by atoms with Crippen molar-refractivity contribution in [3.63, 3.8) is 0 Å². The standard InChI is InChI=1S/C12H6F3N3O2/c13-12(14,15)10-8(7-4-2-1-3-5-7)9(11(19)20)18(6-16)17-10/h1-5H,(H,19,20). The lowest BCUT2D eigenvalue weighted by Gasteiger charge is -2.06. The molecule has 0 radical (unpaired) electrons. The van der Waals surface area contributed by atoms with E-state index in [1.54, 1.807) is 6.07 Å². The number of hydrogen-bond acceptors (Lipinski definition) is 3. The van der Waals surface area contributed by atoms with Crippen LogP contribution in [0.15, 0.2) is 30.3 Å². The van der Waals surface area contributed by atoms with Crippen molar-refractivity contribution in [3.8, 4) is 17.3 Å². The van der Waals surface area contributed by atoms with Gasteiger partial charge in [0.2, 0.25) is 6.19 Å². The zero-order valence-corrected chi connectivity index (χ0v) is 9.72. The monoisotopic (exact) mass is 281 g/mol. The Bertz CT molecular complexity index is 699. The number of carboxylic acids is 1. The largest absolute Gasteiger partial charge is 0.476 e. The van der Waals surface area contributed by atoms with E-state index in [0.29, 0.717) is 0 Å². The Morgan fingerprint density at radius 1 is 1.30 bits per heavy atom. The number of aromatic carboxylic acids is 1. The highest BCUT2D eigenvalue weighted by Gasteiger charge is 2.41. The predicted molar refractivity (Wildman–Crippen MR) is 60.6 cm³/mol. The smallest absolute Gasteiger partial charge is 0.435 e. The second kappa shape index (κ2) is 4.70. The molecule has 0 fully saturated rings. The third-order valence-electron chi connectivity index (χ3n) is 2.51. The number of alkyl halides is 3. The fourth-order valence-corrected chi connectivity index (χ4v) is 1.76. The van der Waals surface area contributed by atoms with E-state index < -0.39 is 29.1 Å². The zero-order valence-electron chi connectivity index (χ0n) is 9.72. The van der Waals surface area contributed by atoms with Crippen LogP contribution in [-0.2, 0) is 6.18 Å². The third kappa shape index (κ3) is 2.21. The van der Waals surface area contributed by atoms with E-state index in [1.165, 1.54) is 30.5 Å². The van der Waals surface area contributed by atoms with Gasteiger partial charge in [-0.3, -0.25) is 0 Å². The molecule has 2 rings (SSSR count). The van der Waals surface area contributed by atoms with E-state index >= 15 is 0 Å². The lowest BCUT2D eigenvalue weighted by Crippen LogP contribution is -2.08. The van der Waals surface area contributed by atoms with Crippen LogP contribution >= 0.6 is 0 Å². The summed E-state index contributed by atoms with van der Waals surface area (Å²) in [5.41, 5.74) is -2.81. The fourth-order valence-electron chi connectivity index (χ4n) is 1.76. The number of nitriles is 1.